The van der Waals surface area contributed by atoms with E-state index in [2.05, 4.69) is 12.6 Å². The summed E-state index contributed by atoms with van der Waals surface area (Å²) in [6.45, 7) is 5.29. The van der Waals surface area contributed by atoms with Crippen molar-refractivity contribution in [1.82, 2.24) is 0 Å². The zero-order valence-electron chi connectivity index (χ0n) is 9.43. The predicted octanol–water partition coefficient (Wildman–Crippen LogP) is 0.760. The quantitative estimate of drug-likeness (QED) is 0.487. The molecule has 0 aliphatic rings. The van der Waals surface area contributed by atoms with Gasteiger partial charge in [0.25, 0.3) is 0 Å². The minimum atomic E-state index is -0.873. The average molecular weight is 236 g/mol. The van der Waals surface area contributed by atoms with Crippen LogP contribution in [0, 0.1) is 0 Å². The Kier molecular flexibility index (Phi) is 6.24. The van der Waals surface area contributed by atoms with Gasteiger partial charge in [0, 0.05) is 12.2 Å². The lowest BCUT2D eigenvalue weighted by atomic mass is 10.1. The number of esters is 1. The molecule has 2 N–H and O–H groups in total. The molecule has 0 fully saturated rings. The van der Waals surface area contributed by atoms with Crippen molar-refractivity contribution < 1.29 is 19.7 Å². The number of carbonyl (C=O) groups is 1. The lowest BCUT2D eigenvalue weighted by Crippen LogP contribution is -2.28. The normalized spacial score (nSPS) is 15.9. The Bertz CT molecular complexity index is 200. The van der Waals surface area contributed by atoms with Crippen LogP contribution in [0.5, 0.6) is 0 Å². The van der Waals surface area contributed by atoms with E-state index in [0.717, 1.165) is 0 Å². The predicted molar refractivity (Wildman–Crippen MR) is 60.9 cm³/mol. The summed E-state index contributed by atoms with van der Waals surface area (Å²) < 4.78 is 5.02. The van der Waals surface area contributed by atoms with Crippen LogP contribution in [0.4, 0.5) is 0 Å². The summed E-state index contributed by atoms with van der Waals surface area (Å²) in [6.07, 6.45) is -1.52. The molecule has 0 aromatic carbocycles. The van der Waals surface area contributed by atoms with Gasteiger partial charge in [0.05, 0.1) is 18.6 Å². The number of hydrogen-bond donors (Lipinski definition) is 3. The highest BCUT2D eigenvalue weighted by Gasteiger charge is 2.20. The maximum Gasteiger partial charge on any atom is 0.308 e. The summed E-state index contributed by atoms with van der Waals surface area (Å²) in [5, 5.41) is 18.6. The highest BCUT2D eigenvalue weighted by atomic mass is 32.1. The van der Waals surface area contributed by atoms with E-state index in [1.165, 1.54) is 0 Å². The average Bonchev–Trinajstić information content (AvgIpc) is 1.99. The first-order valence-electron chi connectivity index (χ1n) is 4.93. The van der Waals surface area contributed by atoms with Gasteiger partial charge in [-0.1, -0.05) is 0 Å². The van der Waals surface area contributed by atoms with Gasteiger partial charge in [0.2, 0.25) is 0 Å². The third kappa shape index (κ3) is 8.72. The van der Waals surface area contributed by atoms with E-state index >= 15 is 0 Å². The van der Waals surface area contributed by atoms with Gasteiger partial charge in [0.15, 0.2) is 0 Å². The van der Waals surface area contributed by atoms with Gasteiger partial charge in [-0.15, -0.1) is 0 Å². The molecule has 0 aromatic heterocycles. The summed E-state index contributed by atoms with van der Waals surface area (Å²) in [6, 6.07) is 0. The molecular weight excluding hydrogens is 216 g/mol. The molecule has 15 heavy (non-hydrogen) atoms. The van der Waals surface area contributed by atoms with E-state index in [4.69, 9.17) is 4.74 Å². The van der Waals surface area contributed by atoms with E-state index in [1.807, 2.05) is 0 Å². The van der Waals surface area contributed by atoms with Gasteiger partial charge >= 0.3 is 5.97 Å². The first-order chi connectivity index (χ1) is 6.74. The Morgan fingerprint density at radius 3 is 2.27 bits per heavy atom. The standard InChI is InChI=1S/C10H20O4S/c1-10(2,3)14-9(13)5-7(11)4-8(12)6-15/h7-8,11-12,15H,4-6H2,1-3H3/t7-,8+/m1/s1. The minimum Gasteiger partial charge on any atom is -0.460 e. The van der Waals surface area contributed by atoms with Gasteiger partial charge in [-0.05, 0) is 20.8 Å². The van der Waals surface area contributed by atoms with Crippen LogP contribution in [0.25, 0.3) is 0 Å². The van der Waals surface area contributed by atoms with Crippen molar-refractivity contribution in [1.29, 1.82) is 0 Å². The lowest BCUT2D eigenvalue weighted by molar-refractivity contribution is -0.157. The fourth-order valence-electron chi connectivity index (χ4n) is 1.05. The van der Waals surface area contributed by atoms with E-state index in [9.17, 15) is 15.0 Å². The van der Waals surface area contributed by atoms with Crippen LogP contribution in [-0.4, -0.2) is 39.7 Å². The Morgan fingerprint density at radius 2 is 1.87 bits per heavy atom. The molecule has 0 bridgehead atoms. The summed E-state index contributed by atoms with van der Waals surface area (Å²) in [5.74, 6) is -0.188. The second kappa shape index (κ2) is 6.35. The van der Waals surface area contributed by atoms with Crippen LogP contribution >= 0.6 is 12.6 Å². The lowest BCUT2D eigenvalue weighted by Gasteiger charge is -2.21. The van der Waals surface area contributed by atoms with Crippen LogP contribution in [0.2, 0.25) is 0 Å². The van der Waals surface area contributed by atoms with Gasteiger partial charge in [-0.2, -0.15) is 12.6 Å². The summed E-state index contributed by atoms with van der Waals surface area (Å²) >= 11 is 3.87. The summed E-state index contributed by atoms with van der Waals surface area (Å²) in [7, 11) is 0. The fourth-order valence-corrected chi connectivity index (χ4v) is 1.20. The van der Waals surface area contributed by atoms with Crippen LogP contribution in [0.1, 0.15) is 33.6 Å². The smallest absolute Gasteiger partial charge is 0.308 e. The molecule has 2 atom stereocenters. The second-order valence-electron chi connectivity index (χ2n) is 4.52. The van der Waals surface area contributed by atoms with Crippen molar-refractivity contribution in [2.24, 2.45) is 0 Å². The highest BCUT2D eigenvalue weighted by molar-refractivity contribution is 7.80. The van der Waals surface area contributed by atoms with E-state index < -0.39 is 23.8 Å². The molecule has 0 aliphatic carbocycles. The number of carbonyl (C=O) groups excluding carboxylic acids is 1. The molecule has 0 amide bonds. The molecule has 0 unspecified atom stereocenters. The Labute approximate surface area is 96.0 Å². The van der Waals surface area contributed by atoms with Crippen molar-refractivity contribution in [2.75, 3.05) is 5.75 Å². The molecule has 0 saturated carbocycles. The van der Waals surface area contributed by atoms with Crippen LogP contribution < -0.4 is 0 Å². The van der Waals surface area contributed by atoms with Crippen molar-refractivity contribution in [2.45, 2.75) is 51.4 Å². The number of hydrogen-bond acceptors (Lipinski definition) is 5. The molecule has 0 heterocycles. The fraction of sp³-hybridized carbons (Fsp3) is 0.900. The highest BCUT2D eigenvalue weighted by Crippen LogP contribution is 2.11. The van der Waals surface area contributed by atoms with E-state index in [-0.39, 0.29) is 18.6 Å². The summed E-state index contributed by atoms with van der Waals surface area (Å²) in [5.41, 5.74) is -0.543. The molecule has 0 radical (unpaired) electrons. The first kappa shape index (κ1) is 14.7. The monoisotopic (exact) mass is 236 g/mol. The van der Waals surface area contributed by atoms with Gasteiger partial charge < -0.3 is 14.9 Å². The third-order valence-corrected chi connectivity index (χ3v) is 2.00. The van der Waals surface area contributed by atoms with Crippen molar-refractivity contribution in [3.8, 4) is 0 Å². The van der Waals surface area contributed by atoms with Gasteiger partial charge in [0.1, 0.15) is 5.60 Å². The maximum absolute atomic E-state index is 11.3. The Balaban J connectivity index is 3.87. The Morgan fingerprint density at radius 1 is 1.33 bits per heavy atom. The SMILES string of the molecule is CC(C)(C)OC(=O)C[C@H](O)C[C@H](O)CS. The van der Waals surface area contributed by atoms with Crippen molar-refractivity contribution >= 4 is 18.6 Å². The minimum absolute atomic E-state index is 0.0951. The second-order valence-corrected chi connectivity index (χ2v) is 4.88. The number of aliphatic hydroxyl groups excluding tert-OH is 2. The Hall–Kier alpha value is -0.260. The topological polar surface area (TPSA) is 66.8 Å². The molecule has 0 aliphatic heterocycles. The van der Waals surface area contributed by atoms with Crippen molar-refractivity contribution in [3.05, 3.63) is 0 Å². The van der Waals surface area contributed by atoms with Crippen LogP contribution in [-0.2, 0) is 9.53 Å². The number of aliphatic hydroxyl groups is 2. The maximum atomic E-state index is 11.3. The molecular formula is C10H20O4S. The zero-order valence-corrected chi connectivity index (χ0v) is 10.3. The first-order valence-corrected chi connectivity index (χ1v) is 5.56. The van der Waals surface area contributed by atoms with Gasteiger partial charge in [-0.3, -0.25) is 4.79 Å². The van der Waals surface area contributed by atoms with Crippen LogP contribution in [0.15, 0.2) is 0 Å². The van der Waals surface area contributed by atoms with Gasteiger partial charge in [-0.25, -0.2) is 0 Å². The largest absolute Gasteiger partial charge is 0.460 e. The molecule has 0 spiro atoms. The number of rotatable bonds is 5. The molecule has 90 valence electrons. The molecule has 0 rings (SSSR count). The number of ether oxygens (including phenoxy) is 1. The third-order valence-electron chi connectivity index (χ3n) is 1.58. The zero-order chi connectivity index (χ0) is 12.1. The molecule has 0 aromatic rings. The molecule has 4 nitrogen and oxygen atoms in total. The molecule has 0 saturated heterocycles. The van der Waals surface area contributed by atoms with Crippen molar-refractivity contribution in [3.63, 3.8) is 0 Å². The van der Waals surface area contributed by atoms with E-state index in [1.54, 1.807) is 20.8 Å². The van der Waals surface area contributed by atoms with Crippen LogP contribution in [0.3, 0.4) is 0 Å². The molecule has 5 heteroatoms. The summed E-state index contributed by atoms with van der Waals surface area (Å²) in [4.78, 5) is 11.3. The number of thiol groups is 1. The van der Waals surface area contributed by atoms with E-state index in [0.29, 0.717) is 0 Å².